The van der Waals surface area contributed by atoms with Crippen LogP contribution in [0.15, 0.2) is 76.5 Å². The third-order valence-electron chi connectivity index (χ3n) is 4.56. The first-order valence-corrected chi connectivity index (χ1v) is 10.6. The molecule has 3 aromatic rings. The van der Waals surface area contributed by atoms with Crippen molar-refractivity contribution in [1.82, 2.24) is 15.6 Å². The van der Waals surface area contributed by atoms with Crippen LogP contribution in [0.5, 0.6) is 11.6 Å². The Morgan fingerprint density at radius 1 is 1.06 bits per heavy atom. The molecule has 0 fully saturated rings. The van der Waals surface area contributed by atoms with Crippen LogP contribution >= 0.6 is 0 Å². The Bertz CT molecular complexity index is 942. The number of furan rings is 1. The van der Waals surface area contributed by atoms with E-state index in [2.05, 4.69) is 20.6 Å². The highest BCUT2D eigenvalue weighted by molar-refractivity contribution is 5.79. The van der Waals surface area contributed by atoms with Gasteiger partial charge in [-0.1, -0.05) is 24.3 Å². The first kappa shape index (κ1) is 23.1. The summed E-state index contributed by atoms with van der Waals surface area (Å²) < 4.78 is 16.5. The Hall–Kier alpha value is -3.52. The maximum Gasteiger partial charge on any atom is 0.213 e. The zero-order chi connectivity index (χ0) is 22.7. The zero-order valence-corrected chi connectivity index (χ0v) is 18.5. The fourth-order valence-corrected chi connectivity index (χ4v) is 2.85. The lowest BCUT2D eigenvalue weighted by Gasteiger charge is -2.22. The van der Waals surface area contributed by atoms with E-state index in [-0.39, 0.29) is 6.54 Å². The van der Waals surface area contributed by atoms with E-state index in [4.69, 9.17) is 13.9 Å². The number of aromatic nitrogens is 1. The number of pyridine rings is 1. The van der Waals surface area contributed by atoms with Gasteiger partial charge in [0.2, 0.25) is 5.88 Å². The summed E-state index contributed by atoms with van der Waals surface area (Å²) in [5.41, 5.74) is -0.210. The van der Waals surface area contributed by atoms with E-state index in [1.165, 1.54) is 0 Å². The average molecular weight is 439 g/mol. The van der Waals surface area contributed by atoms with Crippen LogP contribution in [-0.2, 0) is 12.1 Å². The second-order valence-corrected chi connectivity index (χ2v) is 7.31. The molecule has 0 saturated carbocycles. The van der Waals surface area contributed by atoms with Gasteiger partial charge in [-0.05, 0) is 43.7 Å². The highest BCUT2D eigenvalue weighted by atomic mass is 16.5. The fourth-order valence-electron chi connectivity index (χ4n) is 2.85. The van der Waals surface area contributed by atoms with Crippen molar-refractivity contribution >= 4 is 5.96 Å². The summed E-state index contributed by atoms with van der Waals surface area (Å²) in [5, 5.41) is 16.9. The van der Waals surface area contributed by atoms with Crippen molar-refractivity contribution in [3.05, 3.63) is 78.4 Å². The quantitative estimate of drug-likeness (QED) is 0.240. The molecule has 3 rings (SSSR count). The predicted octanol–water partition coefficient (Wildman–Crippen LogP) is 3.10. The smallest absolute Gasteiger partial charge is 0.213 e. The molecule has 0 aliphatic carbocycles. The molecule has 0 spiro atoms. The standard InChI is InChI=1S/C24H30N4O4/c1-3-25-23(28-18-24(2,29)21-10-7-13-31-21)27-17-19-11-12-22(26-16-19)32-15-14-30-20-8-5-4-6-9-20/h4-13,16,29H,3,14-15,17-18H2,1-2H3,(H2,25,27,28). The number of ether oxygens (including phenoxy) is 2. The molecular weight excluding hydrogens is 408 g/mol. The largest absolute Gasteiger partial charge is 0.490 e. The molecule has 1 atom stereocenters. The summed E-state index contributed by atoms with van der Waals surface area (Å²) in [6.07, 6.45) is 3.28. The van der Waals surface area contributed by atoms with Crippen molar-refractivity contribution in [2.45, 2.75) is 26.0 Å². The van der Waals surface area contributed by atoms with Crippen LogP contribution in [-0.4, -0.2) is 42.4 Å². The lowest BCUT2D eigenvalue weighted by Crippen LogP contribution is -2.44. The van der Waals surface area contributed by atoms with Crippen molar-refractivity contribution in [3.8, 4) is 11.6 Å². The monoisotopic (exact) mass is 438 g/mol. The Balaban J connectivity index is 1.45. The Morgan fingerprint density at radius 2 is 1.88 bits per heavy atom. The number of hydrogen-bond donors (Lipinski definition) is 3. The lowest BCUT2D eigenvalue weighted by molar-refractivity contribution is 0.0386. The summed E-state index contributed by atoms with van der Waals surface area (Å²) in [5.74, 6) is 2.44. The zero-order valence-electron chi connectivity index (χ0n) is 18.5. The molecule has 0 bridgehead atoms. The topological polar surface area (TPSA) is 101 Å². The molecule has 1 unspecified atom stereocenters. The van der Waals surface area contributed by atoms with Crippen LogP contribution in [0.2, 0.25) is 0 Å². The van der Waals surface area contributed by atoms with E-state index >= 15 is 0 Å². The molecular formula is C24H30N4O4. The Morgan fingerprint density at radius 3 is 2.56 bits per heavy atom. The van der Waals surface area contributed by atoms with E-state index in [1.807, 2.05) is 49.4 Å². The van der Waals surface area contributed by atoms with E-state index < -0.39 is 5.60 Å². The minimum Gasteiger partial charge on any atom is -0.490 e. The van der Waals surface area contributed by atoms with Gasteiger partial charge in [0.05, 0.1) is 19.4 Å². The van der Waals surface area contributed by atoms with Gasteiger partial charge in [-0.3, -0.25) is 0 Å². The number of rotatable bonds is 11. The first-order chi connectivity index (χ1) is 15.6. The van der Waals surface area contributed by atoms with E-state index in [0.717, 1.165) is 11.3 Å². The maximum absolute atomic E-state index is 10.6. The van der Waals surface area contributed by atoms with Gasteiger partial charge in [0.15, 0.2) is 5.96 Å². The number of benzene rings is 1. The summed E-state index contributed by atoms with van der Waals surface area (Å²) in [4.78, 5) is 8.88. The molecule has 0 radical (unpaired) electrons. The molecule has 2 aromatic heterocycles. The van der Waals surface area contributed by atoms with E-state index in [0.29, 0.717) is 43.9 Å². The predicted molar refractivity (Wildman–Crippen MR) is 123 cm³/mol. The summed E-state index contributed by atoms with van der Waals surface area (Å²) in [7, 11) is 0. The Labute approximate surface area is 188 Å². The molecule has 3 N–H and O–H groups in total. The van der Waals surface area contributed by atoms with Gasteiger partial charge < -0.3 is 29.6 Å². The summed E-state index contributed by atoms with van der Waals surface area (Å²) >= 11 is 0. The SMILES string of the molecule is CCNC(=NCc1ccc(OCCOc2ccccc2)nc1)NCC(C)(O)c1ccco1. The minimum absolute atomic E-state index is 0.252. The molecule has 0 aliphatic rings. The number of aliphatic hydroxyl groups is 1. The number of aliphatic imine (C=N–C) groups is 1. The maximum atomic E-state index is 10.6. The lowest BCUT2D eigenvalue weighted by atomic mass is 10.0. The Kier molecular flexibility index (Phi) is 8.51. The fraction of sp³-hybridized carbons (Fsp3) is 0.333. The van der Waals surface area contributed by atoms with Crippen LogP contribution in [0, 0.1) is 0 Å². The molecule has 0 amide bonds. The van der Waals surface area contributed by atoms with E-state index in [1.54, 1.807) is 31.5 Å². The van der Waals surface area contributed by atoms with Crippen molar-refractivity contribution < 1.29 is 19.0 Å². The second-order valence-electron chi connectivity index (χ2n) is 7.31. The first-order valence-electron chi connectivity index (χ1n) is 10.6. The number of nitrogens with one attached hydrogen (secondary N) is 2. The van der Waals surface area contributed by atoms with Crippen molar-refractivity contribution in [2.75, 3.05) is 26.3 Å². The van der Waals surface area contributed by atoms with Gasteiger partial charge in [0.1, 0.15) is 30.3 Å². The van der Waals surface area contributed by atoms with E-state index in [9.17, 15) is 5.11 Å². The molecule has 8 nitrogen and oxygen atoms in total. The molecule has 2 heterocycles. The molecule has 8 heteroatoms. The van der Waals surface area contributed by atoms with Gasteiger partial charge in [-0.15, -0.1) is 0 Å². The molecule has 1 aromatic carbocycles. The van der Waals surface area contributed by atoms with Crippen LogP contribution in [0.25, 0.3) is 0 Å². The van der Waals surface area contributed by atoms with Gasteiger partial charge in [-0.25, -0.2) is 9.98 Å². The van der Waals surface area contributed by atoms with Crippen LogP contribution in [0.4, 0.5) is 0 Å². The van der Waals surface area contributed by atoms with Crippen molar-refractivity contribution in [1.29, 1.82) is 0 Å². The van der Waals surface area contributed by atoms with Gasteiger partial charge in [-0.2, -0.15) is 0 Å². The molecule has 32 heavy (non-hydrogen) atoms. The number of nitrogens with zero attached hydrogens (tertiary/aromatic N) is 2. The highest BCUT2D eigenvalue weighted by Crippen LogP contribution is 2.19. The molecule has 170 valence electrons. The van der Waals surface area contributed by atoms with Crippen LogP contribution in [0.3, 0.4) is 0 Å². The van der Waals surface area contributed by atoms with Gasteiger partial charge >= 0.3 is 0 Å². The van der Waals surface area contributed by atoms with Crippen LogP contribution < -0.4 is 20.1 Å². The van der Waals surface area contributed by atoms with Crippen LogP contribution in [0.1, 0.15) is 25.2 Å². The van der Waals surface area contributed by atoms with Crippen molar-refractivity contribution in [2.24, 2.45) is 4.99 Å². The third kappa shape index (κ3) is 7.31. The average Bonchev–Trinajstić information content (AvgIpc) is 3.36. The number of hydrogen-bond acceptors (Lipinski definition) is 6. The molecule has 0 aliphatic heterocycles. The number of guanidine groups is 1. The molecule has 0 saturated heterocycles. The number of para-hydroxylation sites is 1. The summed E-state index contributed by atoms with van der Waals surface area (Å²) in [6.45, 7) is 5.91. The minimum atomic E-state index is -1.15. The second kappa shape index (κ2) is 11.8. The highest BCUT2D eigenvalue weighted by Gasteiger charge is 2.26. The van der Waals surface area contributed by atoms with Gasteiger partial charge in [0.25, 0.3) is 0 Å². The van der Waals surface area contributed by atoms with Gasteiger partial charge in [0, 0.05) is 18.8 Å². The van der Waals surface area contributed by atoms with Crippen molar-refractivity contribution in [3.63, 3.8) is 0 Å². The normalized spacial score (nSPS) is 13.3. The summed E-state index contributed by atoms with van der Waals surface area (Å²) in [6, 6.07) is 16.8. The third-order valence-corrected chi connectivity index (χ3v) is 4.56.